The lowest BCUT2D eigenvalue weighted by atomic mass is 10.1. The third-order valence-corrected chi connectivity index (χ3v) is 1.67. The van der Waals surface area contributed by atoms with Gasteiger partial charge in [0.05, 0.1) is 0 Å². The van der Waals surface area contributed by atoms with Gasteiger partial charge in [0, 0.05) is 0 Å². The molecule has 0 saturated heterocycles. The zero-order valence-corrected chi connectivity index (χ0v) is 6.42. The maximum atomic E-state index is 2.34. The molecule has 0 aromatic carbocycles. The van der Waals surface area contributed by atoms with Crippen molar-refractivity contribution >= 4 is 0 Å². The highest BCUT2D eigenvalue weighted by Gasteiger charge is 1.86. The number of rotatable bonds is 0. The third kappa shape index (κ3) is 3.49. The molecule has 1 aliphatic rings. The van der Waals surface area contributed by atoms with Crippen LogP contribution in [0, 0.1) is 6.42 Å². The second-order valence-corrected chi connectivity index (χ2v) is 2.62. The summed E-state index contributed by atoms with van der Waals surface area (Å²) in [6.07, 6.45) is 17.5. The lowest BCUT2D eigenvalue weighted by Crippen LogP contribution is -1.76. The zero-order chi connectivity index (χ0) is 7.07. The summed E-state index contributed by atoms with van der Waals surface area (Å²) in [4.78, 5) is 0. The van der Waals surface area contributed by atoms with Crippen LogP contribution in [-0.4, -0.2) is 0 Å². The van der Waals surface area contributed by atoms with Gasteiger partial charge in [0.1, 0.15) is 0 Å². The standard InChI is InChI=1S/C10H15/c1-2-4-6-8-10-9-7-5-3-1/h1-2,5,8,10H,3-4,6-7,9H2/b2-1+,10-8+. The fourth-order valence-corrected chi connectivity index (χ4v) is 1.07. The van der Waals surface area contributed by atoms with Crippen molar-refractivity contribution < 1.29 is 0 Å². The van der Waals surface area contributed by atoms with E-state index in [0.717, 1.165) is 6.42 Å². The number of hydrogen-bond acceptors (Lipinski definition) is 0. The van der Waals surface area contributed by atoms with E-state index in [1.165, 1.54) is 25.7 Å². The van der Waals surface area contributed by atoms with Crippen LogP contribution in [0.4, 0.5) is 0 Å². The van der Waals surface area contributed by atoms with Crippen LogP contribution in [0.25, 0.3) is 0 Å². The van der Waals surface area contributed by atoms with Gasteiger partial charge in [0.2, 0.25) is 0 Å². The third-order valence-electron chi connectivity index (χ3n) is 1.67. The Labute approximate surface area is 63.6 Å². The van der Waals surface area contributed by atoms with Crippen molar-refractivity contribution in [2.45, 2.75) is 32.1 Å². The molecule has 0 aliphatic heterocycles. The lowest BCUT2D eigenvalue weighted by molar-refractivity contribution is 0.909. The highest BCUT2D eigenvalue weighted by molar-refractivity contribution is 4.93. The monoisotopic (exact) mass is 135 g/mol. The summed E-state index contributed by atoms with van der Waals surface area (Å²) in [5.74, 6) is 0. The van der Waals surface area contributed by atoms with Crippen molar-refractivity contribution in [3.8, 4) is 0 Å². The summed E-state index contributed by atoms with van der Waals surface area (Å²) in [5.41, 5.74) is 0. The molecule has 0 heteroatoms. The summed E-state index contributed by atoms with van der Waals surface area (Å²) in [6, 6.07) is 0. The van der Waals surface area contributed by atoms with Crippen LogP contribution in [0.3, 0.4) is 0 Å². The van der Waals surface area contributed by atoms with E-state index in [2.05, 4.69) is 30.7 Å². The Morgan fingerprint density at radius 2 is 1.20 bits per heavy atom. The molecule has 55 valence electrons. The summed E-state index contributed by atoms with van der Waals surface area (Å²) >= 11 is 0. The minimum atomic E-state index is 1.16. The molecule has 0 aromatic heterocycles. The van der Waals surface area contributed by atoms with Crippen LogP contribution in [0.5, 0.6) is 0 Å². The quantitative estimate of drug-likeness (QED) is 0.447. The Morgan fingerprint density at radius 1 is 0.600 bits per heavy atom. The highest BCUT2D eigenvalue weighted by Crippen LogP contribution is 2.05. The van der Waals surface area contributed by atoms with Crippen LogP contribution >= 0.6 is 0 Å². The molecule has 1 radical (unpaired) electrons. The molecular formula is C10H15. The van der Waals surface area contributed by atoms with Gasteiger partial charge in [-0.1, -0.05) is 24.3 Å². The molecule has 0 amide bonds. The predicted octanol–water partition coefficient (Wildman–Crippen LogP) is 3.27. The minimum Gasteiger partial charge on any atom is -0.0885 e. The van der Waals surface area contributed by atoms with E-state index in [-0.39, 0.29) is 0 Å². The Kier molecular flexibility index (Phi) is 4.00. The van der Waals surface area contributed by atoms with Gasteiger partial charge < -0.3 is 0 Å². The van der Waals surface area contributed by atoms with Gasteiger partial charge in [-0.15, -0.1) is 0 Å². The van der Waals surface area contributed by atoms with E-state index in [1.807, 2.05) is 0 Å². The molecule has 0 saturated carbocycles. The van der Waals surface area contributed by atoms with E-state index in [9.17, 15) is 0 Å². The van der Waals surface area contributed by atoms with Crippen molar-refractivity contribution in [3.05, 3.63) is 30.7 Å². The van der Waals surface area contributed by atoms with E-state index < -0.39 is 0 Å². The first kappa shape index (κ1) is 7.59. The molecule has 0 unspecified atom stereocenters. The van der Waals surface area contributed by atoms with Gasteiger partial charge in [0.25, 0.3) is 0 Å². The first-order valence-electron chi connectivity index (χ1n) is 4.12. The summed E-state index contributed by atoms with van der Waals surface area (Å²) in [5, 5.41) is 0. The van der Waals surface area contributed by atoms with Gasteiger partial charge in [-0.05, 0) is 38.5 Å². The van der Waals surface area contributed by atoms with Crippen LogP contribution < -0.4 is 0 Å². The summed E-state index contributed by atoms with van der Waals surface area (Å²) < 4.78 is 0. The largest absolute Gasteiger partial charge is 0.0885 e. The molecule has 1 rings (SSSR count). The topological polar surface area (TPSA) is 0 Å². The first-order chi connectivity index (χ1) is 5.00. The molecule has 0 aromatic rings. The van der Waals surface area contributed by atoms with Crippen molar-refractivity contribution in [2.75, 3.05) is 0 Å². The van der Waals surface area contributed by atoms with Crippen molar-refractivity contribution in [1.82, 2.24) is 0 Å². The lowest BCUT2D eigenvalue weighted by Gasteiger charge is -1.95. The number of allylic oxidation sites excluding steroid dienone is 4. The molecule has 0 nitrogen and oxygen atoms in total. The van der Waals surface area contributed by atoms with Gasteiger partial charge >= 0.3 is 0 Å². The fraction of sp³-hybridized carbons (Fsp3) is 0.500. The first-order valence-corrected chi connectivity index (χ1v) is 4.12. The fourth-order valence-electron chi connectivity index (χ4n) is 1.07. The molecule has 0 atom stereocenters. The molecule has 0 bridgehead atoms. The van der Waals surface area contributed by atoms with E-state index in [0.29, 0.717) is 0 Å². The van der Waals surface area contributed by atoms with Crippen molar-refractivity contribution in [1.29, 1.82) is 0 Å². The van der Waals surface area contributed by atoms with Crippen molar-refractivity contribution in [2.24, 2.45) is 0 Å². The van der Waals surface area contributed by atoms with Gasteiger partial charge in [-0.2, -0.15) is 0 Å². The molecule has 0 heterocycles. The Hall–Kier alpha value is -0.520. The van der Waals surface area contributed by atoms with Crippen LogP contribution in [0.1, 0.15) is 32.1 Å². The molecule has 1 aliphatic carbocycles. The van der Waals surface area contributed by atoms with E-state index in [4.69, 9.17) is 0 Å². The second kappa shape index (κ2) is 5.28. The van der Waals surface area contributed by atoms with E-state index >= 15 is 0 Å². The average molecular weight is 135 g/mol. The smallest absolute Gasteiger partial charge is 0.0316 e. The molecule has 0 N–H and O–H groups in total. The Morgan fingerprint density at radius 3 is 2.00 bits per heavy atom. The Balaban J connectivity index is 2.23. The number of hydrogen-bond donors (Lipinski definition) is 0. The molecule has 10 heavy (non-hydrogen) atoms. The van der Waals surface area contributed by atoms with Gasteiger partial charge in [0.15, 0.2) is 0 Å². The summed E-state index contributed by atoms with van der Waals surface area (Å²) in [6.45, 7) is 0. The van der Waals surface area contributed by atoms with Crippen LogP contribution in [-0.2, 0) is 0 Å². The average Bonchev–Trinajstić information content (AvgIpc) is 2.01. The van der Waals surface area contributed by atoms with Gasteiger partial charge in [-0.3, -0.25) is 0 Å². The maximum absolute atomic E-state index is 2.34. The minimum absolute atomic E-state index is 1.16. The van der Waals surface area contributed by atoms with Crippen LogP contribution in [0.15, 0.2) is 24.3 Å². The zero-order valence-electron chi connectivity index (χ0n) is 6.42. The summed E-state index contributed by atoms with van der Waals surface area (Å²) in [7, 11) is 0. The SMILES string of the molecule is [CH]1C/C=C/CC/C=C/CC1. The molecule has 0 fully saturated rings. The van der Waals surface area contributed by atoms with Crippen molar-refractivity contribution in [3.63, 3.8) is 0 Å². The Bertz CT molecular complexity index is 104. The van der Waals surface area contributed by atoms with Gasteiger partial charge in [-0.25, -0.2) is 0 Å². The van der Waals surface area contributed by atoms with E-state index in [1.54, 1.807) is 0 Å². The predicted molar refractivity (Wildman–Crippen MR) is 45.7 cm³/mol. The molecule has 0 spiro atoms. The second-order valence-electron chi connectivity index (χ2n) is 2.62. The highest BCUT2D eigenvalue weighted by atomic mass is 13.9. The van der Waals surface area contributed by atoms with Crippen LogP contribution in [0.2, 0.25) is 0 Å². The normalized spacial score (nSPS) is 27.2. The molecular weight excluding hydrogens is 120 g/mol. The maximum Gasteiger partial charge on any atom is -0.0316 e.